The van der Waals surface area contributed by atoms with E-state index in [1.165, 1.54) is 16.7 Å². The summed E-state index contributed by atoms with van der Waals surface area (Å²) in [6.07, 6.45) is 10.2. The van der Waals surface area contributed by atoms with Gasteiger partial charge in [0, 0.05) is 6.42 Å². The topological polar surface area (TPSA) is 0 Å². The molecular weight excluding hydrogens is 187 g/mol. The Labute approximate surface area is 90.9 Å². The molecule has 1 heteroatoms. The maximum absolute atomic E-state index is 13.5. The fraction of sp³-hybridized carbons (Fsp3) is 0.429. The summed E-state index contributed by atoms with van der Waals surface area (Å²) in [7, 11) is 0. The molecule has 1 atom stereocenters. The first kappa shape index (κ1) is 10.4. The van der Waals surface area contributed by atoms with Gasteiger partial charge in [-0.3, -0.25) is 0 Å². The van der Waals surface area contributed by atoms with Gasteiger partial charge in [-0.1, -0.05) is 29.9 Å². The lowest BCUT2D eigenvalue weighted by Crippen LogP contribution is -2.09. The van der Waals surface area contributed by atoms with Gasteiger partial charge in [0.25, 0.3) is 0 Å². The number of allylic oxidation sites excluding steroid dienone is 8. The predicted molar refractivity (Wildman–Crippen MR) is 62.4 cm³/mol. The first-order valence-corrected chi connectivity index (χ1v) is 5.55. The molecule has 0 amide bonds. The molecule has 80 valence electrons. The second-order valence-electron chi connectivity index (χ2n) is 4.48. The van der Waals surface area contributed by atoms with Gasteiger partial charge in [0.2, 0.25) is 0 Å². The molecule has 0 bridgehead atoms. The average molecular weight is 204 g/mol. The van der Waals surface area contributed by atoms with E-state index >= 15 is 0 Å². The Balaban J connectivity index is 2.20. The summed E-state index contributed by atoms with van der Waals surface area (Å²) in [6, 6.07) is 0. The average Bonchev–Trinajstić information content (AvgIpc) is 2.23. The van der Waals surface area contributed by atoms with E-state index in [9.17, 15) is 4.39 Å². The zero-order valence-corrected chi connectivity index (χ0v) is 9.39. The monoisotopic (exact) mass is 204 g/mol. The molecule has 0 N–H and O–H groups in total. The van der Waals surface area contributed by atoms with Crippen molar-refractivity contribution in [1.29, 1.82) is 0 Å². The molecule has 2 aliphatic carbocycles. The van der Waals surface area contributed by atoms with Crippen molar-refractivity contribution in [3.63, 3.8) is 0 Å². The quantitative estimate of drug-likeness (QED) is 0.598. The largest absolute Gasteiger partial charge is 0.242 e. The van der Waals surface area contributed by atoms with Gasteiger partial charge in [-0.25, -0.2) is 4.39 Å². The molecule has 0 spiro atoms. The van der Waals surface area contributed by atoms with Gasteiger partial charge >= 0.3 is 0 Å². The molecule has 15 heavy (non-hydrogen) atoms. The zero-order valence-electron chi connectivity index (χ0n) is 9.39. The van der Waals surface area contributed by atoms with Crippen LogP contribution in [0.25, 0.3) is 0 Å². The predicted octanol–water partition coefficient (Wildman–Crippen LogP) is 4.27. The van der Waals surface area contributed by atoms with Gasteiger partial charge in [-0.05, 0) is 43.4 Å². The van der Waals surface area contributed by atoms with Crippen LogP contribution >= 0.6 is 0 Å². The molecule has 0 aliphatic heterocycles. The smallest absolute Gasteiger partial charge is 0.125 e. The van der Waals surface area contributed by atoms with Crippen LogP contribution in [-0.2, 0) is 0 Å². The molecule has 0 saturated heterocycles. The summed E-state index contributed by atoms with van der Waals surface area (Å²) in [5.74, 6) is 0. The van der Waals surface area contributed by atoms with Crippen molar-refractivity contribution in [3.05, 3.63) is 46.6 Å². The van der Waals surface area contributed by atoms with Gasteiger partial charge in [0.05, 0.1) is 0 Å². The van der Waals surface area contributed by atoms with Gasteiger partial charge in [0.15, 0.2) is 0 Å². The lowest BCUT2D eigenvalue weighted by molar-refractivity contribution is 0.376. The molecule has 0 aromatic heterocycles. The fourth-order valence-corrected chi connectivity index (χ4v) is 2.01. The Hall–Kier alpha value is -1.11. The minimum absolute atomic E-state index is 0.557. The maximum Gasteiger partial charge on any atom is 0.125 e. The standard InChI is InChI=1S/C14H17F/c1-10-3-6-12(7-4-10)13-8-5-11(2)14(15)9-13/h3,5-6,8,14H,4,7,9H2,1-2H3. The van der Waals surface area contributed by atoms with Gasteiger partial charge < -0.3 is 0 Å². The van der Waals surface area contributed by atoms with Crippen LogP contribution in [0, 0.1) is 0 Å². The molecule has 0 saturated carbocycles. The third-order valence-electron chi connectivity index (χ3n) is 3.21. The molecule has 0 heterocycles. The number of hydrogen-bond acceptors (Lipinski definition) is 0. The summed E-state index contributed by atoms with van der Waals surface area (Å²) in [5.41, 5.74) is 4.75. The number of alkyl halides is 1. The van der Waals surface area contributed by atoms with E-state index in [-0.39, 0.29) is 0 Å². The summed E-state index contributed by atoms with van der Waals surface area (Å²) < 4.78 is 13.5. The van der Waals surface area contributed by atoms with Crippen molar-refractivity contribution in [1.82, 2.24) is 0 Å². The van der Waals surface area contributed by atoms with Crippen LogP contribution in [0.3, 0.4) is 0 Å². The van der Waals surface area contributed by atoms with Crippen LogP contribution in [-0.4, -0.2) is 6.17 Å². The Morgan fingerprint density at radius 1 is 1.00 bits per heavy atom. The lowest BCUT2D eigenvalue weighted by Gasteiger charge is -2.20. The second-order valence-corrected chi connectivity index (χ2v) is 4.48. The van der Waals surface area contributed by atoms with Crippen LogP contribution < -0.4 is 0 Å². The molecule has 0 aromatic carbocycles. The Kier molecular flexibility index (Phi) is 2.90. The van der Waals surface area contributed by atoms with Crippen molar-refractivity contribution < 1.29 is 4.39 Å². The van der Waals surface area contributed by atoms with E-state index in [2.05, 4.69) is 25.2 Å². The van der Waals surface area contributed by atoms with Crippen molar-refractivity contribution >= 4 is 0 Å². The zero-order chi connectivity index (χ0) is 10.8. The van der Waals surface area contributed by atoms with Crippen molar-refractivity contribution in [3.8, 4) is 0 Å². The number of rotatable bonds is 1. The van der Waals surface area contributed by atoms with Crippen molar-refractivity contribution in [2.24, 2.45) is 0 Å². The molecule has 0 aromatic rings. The number of halogens is 1. The van der Waals surface area contributed by atoms with Gasteiger partial charge in [-0.15, -0.1) is 0 Å². The summed E-state index contributed by atoms with van der Waals surface area (Å²) in [6.45, 7) is 4.00. The van der Waals surface area contributed by atoms with Crippen LogP contribution in [0.5, 0.6) is 0 Å². The molecule has 2 aliphatic rings. The highest BCUT2D eigenvalue weighted by Gasteiger charge is 2.18. The van der Waals surface area contributed by atoms with E-state index in [1.807, 2.05) is 13.0 Å². The van der Waals surface area contributed by atoms with Gasteiger partial charge in [-0.2, -0.15) is 0 Å². The fourth-order valence-electron chi connectivity index (χ4n) is 2.01. The Bertz CT molecular complexity index is 380. The maximum atomic E-state index is 13.5. The molecule has 1 unspecified atom stereocenters. The summed E-state index contributed by atoms with van der Waals surface area (Å²) in [5, 5.41) is 0. The molecule has 0 radical (unpaired) electrons. The highest BCUT2D eigenvalue weighted by atomic mass is 19.1. The van der Waals surface area contributed by atoms with Crippen molar-refractivity contribution in [2.75, 3.05) is 0 Å². The van der Waals surface area contributed by atoms with Crippen LogP contribution in [0.15, 0.2) is 46.6 Å². The van der Waals surface area contributed by atoms with E-state index in [0.29, 0.717) is 6.42 Å². The molecule has 0 fully saturated rings. The summed E-state index contributed by atoms with van der Waals surface area (Å²) in [4.78, 5) is 0. The number of hydrogen-bond donors (Lipinski definition) is 0. The third-order valence-corrected chi connectivity index (χ3v) is 3.21. The molecule has 0 nitrogen and oxygen atoms in total. The molecule has 2 rings (SSSR count). The second kappa shape index (κ2) is 4.18. The third kappa shape index (κ3) is 2.28. The Morgan fingerprint density at radius 3 is 2.33 bits per heavy atom. The van der Waals surface area contributed by atoms with Crippen LogP contribution in [0.2, 0.25) is 0 Å². The normalized spacial score (nSPS) is 26.5. The minimum Gasteiger partial charge on any atom is -0.242 e. The van der Waals surface area contributed by atoms with E-state index in [1.54, 1.807) is 0 Å². The summed E-state index contributed by atoms with van der Waals surface area (Å²) >= 11 is 0. The Morgan fingerprint density at radius 2 is 1.73 bits per heavy atom. The first-order valence-electron chi connectivity index (χ1n) is 5.55. The van der Waals surface area contributed by atoms with E-state index in [4.69, 9.17) is 0 Å². The van der Waals surface area contributed by atoms with E-state index < -0.39 is 6.17 Å². The van der Waals surface area contributed by atoms with Crippen molar-refractivity contribution in [2.45, 2.75) is 39.3 Å². The first-order chi connectivity index (χ1) is 7.16. The highest BCUT2D eigenvalue weighted by molar-refractivity contribution is 5.43. The minimum atomic E-state index is -0.780. The SMILES string of the molecule is CC1=CC=C(C2=CC=C(C)C(F)C2)CC1. The molecular formula is C14H17F. The van der Waals surface area contributed by atoms with Crippen LogP contribution in [0.4, 0.5) is 4.39 Å². The van der Waals surface area contributed by atoms with Gasteiger partial charge in [0.1, 0.15) is 6.17 Å². The lowest BCUT2D eigenvalue weighted by atomic mass is 9.87. The van der Waals surface area contributed by atoms with Crippen LogP contribution in [0.1, 0.15) is 33.1 Å². The highest BCUT2D eigenvalue weighted by Crippen LogP contribution is 2.31. The van der Waals surface area contributed by atoms with E-state index in [0.717, 1.165) is 18.4 Å².